The Labute approximate surface area is 157 Å². The molecule has 0 bridgehead atoms. The van der Waals surface area contributed by atoms with Gasteiger partial charge in [0, 0.05) is 17.8 Å². The number of aromatic nitrogens is 2. The lowest BCUT2D eigenvalue weighted by Crippen LogP contribution is -2.30. The van der Waals surface area contributed by atoms with Crippen molar-refractivity contribution in [1.82, 2.24) is 14.9 Å². The van der Waals surface area contributed by atoms with Gasteiger partial charge < -0.3 is 19.4 Å². The number of H-pyrrole nitrogens is 1. The average molecular weight is 365 g/mol. The van der Waals surface area contributed by atoms with Gasteiger partial charge in [0.15, 0.2) is 11.5 Å². The van der Waals surface area contributed by atoms with Gasteiger partial charge in [-0.2, -0.15) is 0 Å². The number of nitrogens with zero attached hydrogens (tertiary/aromatic N) is 2. The fourth-order valence-corrected chi connectivity index (χ4v) is 3.57. The van der Waals surface area contributed by atoms with Crippen LogP contribution in [0.25, 0.3) is 22.2 Å². The van der Waals surface area contributed by atoms with E-state index < -0.39 is 0 Å². The molecule has 3 aromatic rings. The van der Waals surface area contributed by atoms with Crippen LogP contribution in [0.15, 0.2) is 47.4 Å². The monoisotopic (exact) mass is 365 g/mol. The topological polar surface area (TPSA) is 67.4 Å². The molecule has 4 rings (SSSR count). The van der Waals surface area contributed by atoms with Crippen LogP contribution in [0.3, 0.4) is 0 Å². The van der Waals surface area contributed by atoms with Crippen molar-refractivity contribution in [3.63, 3.8) is 0 Å². The summed E-state index contributed by atoms with van der Waals surface area (Å²) < 4.78 is 11.5. The second-order valence-electron chi connectivity index (χ2n) is 6.90. The van der Waals surface area contributed by atoms with Crippen molar-refractivity contribution in [2.24, 2.45) is 0 Å². The number of benzene rings is 1. The largest absolute Gasteiger partial charge is 0.493 e. The molecule has 3 heterocycles. The normalized spacial score (nSPS) is 17.3. The molecule has 1 aromatic carbocycles. The molecule has 1 atom stereocenters. The van der Waals surface area contributed by atoms with E-state index in [1.54, 1.807) is 25.4 Å². The number of fused-ring (bicyclic) bond motifs is 1. The first-order valence-electron chi connectivity index (χ1n) is 9.15. The van der Waals surface area contributed by atoms with E-state index in [9.17, 15) is 4.79 Å². The summed E-state index contributed by atoms with van der Waals surface area (Å²) in [4.78, 5) is 21.9. The van der Waals surface area contributed by atoms with Gasteiger partial charge in [0.05, 0.1) is 23.7 Å². The quantitative estimate of drug-likeness (QED) is 0.753. The summed E-state index contributed by atoms with van der Waals surface area (Å²) in [7, 11) is 3.75. The second-order valence-corrected chi connectivity index (χ2v) is 6.90. The Bertz CT molecular complexity index is 1010. The van der Waals surface area contributed by atoms with E-state index in [4.69, 9.17) is 9.47 Å². The molecule has 0 spiro atoms. The maximum Gasteiger partial charge on any atom is 0.257 e. The first-order valence-corrected chi connectivity index (χ1v) is 9.15. The number of nitrogens with one attached hydrogen (secondary N) is 1. The molecule has 6 heteroatoms. The number of hydrogen-bond donors (Lipinski definition) is 1. The van der Waals surface area contributed by atoms with Gasteiger partial charge in [-0.05, 0) is 62.8 Å². The Balaban J connectivity index is 1.62. The summed E-state index contributed by atoms with van der Waals surface area (Å²) in [6.45, 7) is 1.76. The van der Waals surface area contributed by atoms with Crippen molar-refractivity contribution in [2.45, 2.75) is 18.9 Å². The first-order chi connectivity index (χ1) is 13.2. The molecule has 2 aromatic heterocycles. The number of likely N-dealkylation sites (N-methyl/N-ethyl adjacent to an activating group) is 1. The summed E-state index contributed by atoms with van der Waals surface area (Å²) in [5.74, 6) is 1.36. The number of hydrogen-bond acceptors (Lipinski definition) is 5. The average Bonchev–Trinajstić information content (AvgIpc) is 3.11. The Hall–Kier alpha value is -2.86. The van der Waals surface area contributed by atoms with Crippen molar-refractivity contribution in [3.05, 3.63) is 52.9 Å². The lowest BCUT2D eigenvalue weighted by atomic mass is 10.1. The van der Waals surface area contributed by atoms with E-state index in [-0.39, 0.29) is 5.56 Å². The number of likely N-dealkylation sites (tertiary alicyclic amines) is 1. The number of methoxy groups -OCH3 is 1. The van der Waals surface area contributed by atoms with E-state index in [0.29, 0.717) is 40.7 Å². The SMILES string of the molecule is COc1cc(-c2cc3ncccc3c(=O)[nH]2)ccc1OCC1CCCN1C. The Morgan fingerprint density at radius 1 is 1.26 bits per heavy atom. The lowest BCUT2D eigenvalue weighted by Gasteiger charge is -2.20. The van der Waals surface area contributed by atoms with Gasteiger partial charge in [-0.15, -0.1) is 0 Å². The van der Waals surface area contributed by atoms with E-state index in [1.807, 2.05) is 24.3 Å². The van der Waals surface area contributed by atoms with E-state index in [0.717, 1.165) is 18.5 Å². The maximum absolute atomic E-state index is 12.3. The van der Waals surface area contributed by atoms with Crippen LogP contribution < -0.4 is 15.0 Å². The van der Waals surface area contributed by atoms with Crippen LogP contribution in [0.2, 0.25) is 0 Å². The Kier molecular flexibility index (Phi) is 4.81. The number of rotatable bonds is 5. The predicted molar refractivity (Wildman–Crippen MR) is 105 cm³/mol. The zero-order valence-electron chi connectivity index (χ0n) is 15.6. The molecule has 0 saturated carbocycles. The third kappa shape index (κ3) is 3.53. The molecule has 1 aliphatic heterocycles. The van der Waals surface area contributed by atoms with Crippen LogP contribution in [0, 0.1) is 0 Å². The van der Waals surface area contributed by atoms with Gasteiger partial charge in [0.2, 0.25) is 0 Å². The molecular weight excluding hydrogens is 342 g/mol. The van der Waals surface area contributed by atoms with Gasteiger partial charge in [0.1, 0.15) is 6.61 Å². The molecular formula is C21H23N3O3. The Morgan fingerprint density at radius 2 is 2.15 bits per heavy atom. The molecule has 1 saturated heterocycles. The summed E-state index contributed by atoms with van der Waals surface area (Å²) >= 11 is 0. The maximum atomic E-state index is 12.3. The fourth-order valence-electron chi connectivity index (χ4n) is 3.57. The van der Waals surface area contributed by atoms with Crippen molar-refractivity contribution in [3.8, 4) is 22.8 Å². The van der Waals surface area contributed by atoms with Gasteiger partial charge in [-0.3, -0.25) is 9.78 Å². The zero-order chi connectivity index (χ0) is 18.8. The molecule has 0 amide bonds. The predicted octanol–water partition coefficient (Wildman–Crippen LogP) is 3.07. The van der Waals surface area contributed by atoms with Crippen molar-refractivity contribution < 1.29 is 9.47 Å². The van der Waals surface area contributed by atoms with Crippen LogP contribution in [0.4, 0.5) is 0 Å². The molecule has 1 N–H and O–H groups in total. The highest BCUT2D eigenvalue weighted by atomic mass is 16.5. The number of ether oxygens (including phenoxy) is 2. The Morgan fingerprint density at radius 3 is 2.93 bits per heavy atom. The van der Waals surface area contributed by atoms with Crippen LogP contribution in [-0.4, -0.2) is 48.2 Å². The third-order valence-electron chi connectivity index (χ3n) is 5.19. The molecule has 1 unspecified atom stereocenters. The summed E-state index contributed by atoms with van der Waals surface area (Å²) in [5.41, 5.74) is 2.06. The lowest BCUT2D eigenvalue weighted by molar-refractivity contribution is 0.193. The number of pyridine rings is 2. The molecule has 0 radical (unpaired) electrons. The van der Waals surface area contributed by atoms with Gasteiger partial charge in [0.25, 0.3) is 5.56 Å². The van der Waals surface area contributed by atoms with E-state index in [2.05, 4.69) is 21.9 Å². The zero-order valence-corrected chi connectivity index (χ0v) is 15.6. The molecule has 1 fully saturated rings. The van der Waals surface area contributed by atoms with Crippen molar-refractivity contribution >= 4 is 10.9 Å². The molecule has 6 nitrogen and oxygen atoms in total. The third-order valence-corrected chi connectivity index (χ3v) is 5.19. The van der Waals surface area contributed by atoms with Crippen LogP contribution in [0.5, 0.6) is 11.5 Å². The smallest absolute Gasteiger partial charge is 0.257 e. The fraction of sp³-hybridized carbons (Fsp3) is 0.333. The summed E-state index contributed by atoms with van der Waals surface area (Å²) in [5, 5.41) is 0.578. The number of aromatic amines is 1. The minimum absolute atomic E-state index is 0.154. The standard InChI is InChI=1S/C21H23N3O3/c1-24-10-4-5-15(24)13-27-19-8-7-14(11-20(19)26-2)17-12-18-16(21(25)23-17)6-3-9-22-18/h3,6-9,11-12,15H,4-5,10,13H2,1-2H3,(H,23,25). The van der Waals surface area contributed by atoms with Gasteiger partial charge >= 0.3 is 0 Å². The highest BCUT2D eigenvalue weighted by Crippen LogP contribution is 2.32. The minimum Gasteiger partial charge on any atom is -0.493 e. The van der Waals surface area contributed by atoms with Crippen molar-refractivity contribution in [2.75, 3.05) is 27.3 Å². The van der Waals surface area contributed by atoms with Gasteiger partial charge in [-0.25, -0.2) is 0 Å². The van der Waals surface area contributed by atoms with E-state index >= 15 is 0 Å². The summed E-state index contributed by atoms with van der Waals surface area (Å²) in [6.07, 6.45) is 4.05. The summed E-state index contributed by atoms with van der Waals surface area (Å²) in [6, 6.07) is 11.5. The second kappa shape index (κ2) is 7.40. The molecule has 0 aliphatic carbocycles. The van der Waals surface area contributed by atoms with Crippen LogP contribution in [-0.2, 0) is 0 Å². The molecule has 27 heavy (non-hydrogen) atoms. The highest BCUT2D eigenvalue weighted by Gasteiger charge is 2.22. The highest BCUT2D eigenvalue weighted by molar-refractivity contribution is 5.81. The molecule has 1 aliphatic rings. The molecule has 140 valence electrons. The minimum atomic E-state index is -0.154. The van der Waals surface area contributed by atoms with Gasteiger partial charge in [-0.1, -0.05) is 0 Å². The van der Waals surface area contributed by atoms with Crippen LogP contribution in [0.1, 0.15) is 12.8 Å². The first kappa shape index (κ1) is 17.5. The van der Waals surface area contributed by atoms with Crippen LogP contribution >= 0.6 is 0 Å². The van der Waals surface area contributed by atoms with Crippen molar-refractivity contribution in [1.29, 1.82) is 0 Å². The van der Waals surface area contributed by atoms with E-state index in [1.165, 1.54) is 6.42 Å².